The lowest BCUT2D eigenvalue weighted by atomic mass is 10.1. The molecule has 0 aliphatic carbocycles. The van der Waals surface area contributed by atoms with Crippen molar-refractivity contribution >= 4 is 51.5 Å². The molecule has 0 radical (unpaired) electrons. The summed E-state index contributed by atoms with van der Waals surface area (Å²) in [5, 5.41) is 6.17. The van der Waals surface area contributed by atoms with E-state index in [1.165, 1.54) is 5.56 Å². The lowest BCUT2D eigenvalue weighted by Crippen LogP contribution is -2.34. The predicted octanol–water partition coefficient (Wildman–Crippen LogP) is 4.65. The summed E-state index contributed by atoms with van der Waals surface area (Å²) >= 11 is 7.50. The van der Waals surface area contributed by atoms with Crippen LogP contribution < -0.4 is 10.6 Å². The van der Waals surface area contributed by atoms with E-state index in [9.17, 15) is 4.79 Å². The molecule has 5 heteroatoms. The Morgan fingerprint density at radius 1 is 1.00 bits per heavy atom. The van der Waals surface area contributed by atoms with Gasteiger partial charge >= 0.3 is 0 Å². The van der Waals surface area contributed by atoms with Crippen molar-refractivity contribution in [2.24, 2.45) is 0 Å². The van der Waals surface area contributed by atoms with Crippen molar-refractivity contribution in [2.45, 2.75) is 27.7 Å². The molecule has 0 aliphatic heterocycles. The second-order valence-corrected chi connectivity index (χ2v) is 7.22. The number of benzene rings is 2. The maximum Gasteiger partial charge on any atom is 0.257 e. The van der Waals surface area contributed by atoms with Gasteiger partial charge in [-0.2, -0.15) is 0 Å². The fraction of sp³-hybridized carbons (Fsp3) is 0.222. The lowest BCUT2D eigenvalue weighted by molar-refractivity contribution is 0.0977. The number of carbonyl (C=O) groups is 1. The first-order chi connectivity index (χ1) is 10.8. The SMILES string of the molecule is Cc1cc(C)c(NC(=S)NC(=O)c2ccc(C)c(I)c2)c(C)c1. The molecule has 0 atom stereocenters. The standard InChI is InChI=1S/C18H19IN2OS/c1-10-7-12(3)16(13(4)8-10)20-18(23)21-17(22)14-6-5-11(2)15(19)9-14/h5-9H,1-4H3,(H2,20,21,22,23). The molecule has 0 heterocycles. The highest BCUT2D eigenvalue weighted by atomic mass is 127. The average molecular weight is 438 g/mol. The molecule has 120 valence electrons. The van der Waals surface area contributed by atoms with Crippen LogP contribution in [0.2, 0.25) is 0 Å². The van der Waals surface area contributed by atoms with E-state index in [4.69, 9.17) is 12.2 Å². The molecular weight excluding hydrogens is 419 g/mol. The molecule has 0 fully saturated rings. The first kappa shape index (κ1) is 17.9. The zero-order valence-corrected chi connectivity index (χ0v) is 16.6. The first-order valence-corrected chi connectivity index (χ1v) is 8.73. The van der Waals surface area contributed by atoms with Crippen LogP contribution in [0, 0.1) is 31.3 Å². The summed E-state index contributed by atoms with van der Waals surface area (Å²) in [7, 11) is 0. The van der Waals surface area contributed by atoms with E-state index in [1.54, 1.807) is 6.07 Å². The molecule has 0 saturated heterocycles. The smallest absolute Gasteiger partial charge is 0.257 e. The molecule has 23 heavy (non-hydrogen) atoms. The van der Waals surface area contributed by atoms with E-state index in [1.807, 2.05) is 32.9 Å². The van der Waals surface area contributed by atoms with Gasteiger partial charge in [-0.3, -0.25) is 10.1 Å². The molecule has 2 N–H and O–H groups in total. The molecule has 0 unspecified atom stereocenters. The van der Waals surface area contributed by atoms with Crippen molar-refractivity contribution in [2.75, 3.05) is 5.32 Å². The Kier molecular flexibility index (Phi) is 5.75. The minimum atomic E-state index is -0.206. The number of aryl methyl sites for hydroxylation is 4. The molecule has 1 amide bonds. The Hall–Kier alpha value is -1.47. The van der Waals surface area contributed by atoms with Gasteiger partial charge in [0.2, 0.25) is 0 Å². The monoisotopic (exact) mass is 438 g/mol. The maximum absolute atomic E-state index is 12.3. The quantitative estimate of drug-likeness (QED) is 0.530. The summed E-state index contributed by atoms with van der Waals surface area (Å²) in [6.07, 6.45) is 0. The summed E-state index contributed by atoms with van der Waals surface area (Å²) < 4.78 is 1.05. The van der Waals surface area contributed by atoms with E-state index in [-0.39, 0.29) is 5.91 Å². The highest BCUT2D eigenvalue weighted by Crippen LogP contribution is 2.21. The topological polar surface area (TPSA) is 41.1 Å². The summed E-state index contributed by atoms with van der Waals surface area (Å²) in [5.41, 5.74) is 6.09. The van der Waals surface area contributed by atoms with Gasteiger partial charge in [0.05, 0.1) is 0 Å². The van der Waals surface area contributed by atoms with Gasteiger partial charge in [0.15, 0.2) is 5.11 Å². The van der Waals surface area contributed by atoms with Crippen LogP contribution >= 0.6 is 34.8 Å². The number of anilines is 1. The van der Waals surface area contributed by atoms with Crippen molar-refractivity contribution in [3.8, 4) is 0 Å². The van der Waals surface area contributed by atoms with Gasteiger partial charge < -0.3 is 5.32 Å². The van der Waals surface area contributed by atoms with Gasteiger partial charge in [0, 0.05) is 14.8 Å². The fourth-order valence-corrected chi connectivity index (χ4v) is 3.14. The normalized spacial score (nSPS) is 10.3. The average Bonchev–Trinajstić information content (AvgIpc) is 2.45. The van der Waals surface area contributed by atoms with Crippen LogP contribution in [0.25, 0.3) is 0 Å². The van der Waals surface area contributed by atoms with Crippen molar-refractivity contribution in [3.05, 3.63) is 61.7 Å². The Morgan fingerprint density at radius 3 is 2.17 bits per heavy atom. The van der Waals surface area contributed by atoms with Gasteiger partial charge in [-0.25, -0.2) is 0 Å². The highest BCUT2D eigenvalue weighted by molar-refractivity contribution is 14.1. The zero-order chi connectivity index (χ0) is 17.1. The largest absolute Gasteiger partial charge is 0.332 e. The highest BCUT2D eigenvalue weighted by Gasteiger charge is 2.11. The Labute approximate surface area is 156 Å². The third kappa shape index (κ3) is 4.51. The molecule has 0 aromatic heterocycles. The summed E-state index contributed by atoms with van der Waals surface area (Å²) in [5.74, 6) is -0.206. The molecule has 2 aromatic carbocycles. The molecule has 0 bridgehead atoms. The van der Waals surface area contributed by atoms with Crippen LogP contribution in [0.1, 0.15) is 32.6 Å². The van der Waals surface area contributed by atoms with Crippen LogP contribution in [0.4, 0.5) is 5.69 Å². The number of halogens is 1. The molecule has 0 spiro atoms. The van der Waals surface area contributed by atoms with Crippen LogP contribution in [-0.2, 0) is 0 Å². The summed E-state index contributed by atoms with van der Waals surface area (Å²) in [6, 6.07) is 9.76. The molecule has 3 nitrogen and oxygen atoms in total. The van der Waals surface area contributed by atoms with Crippen LogP contribution in [0.3, 0.4) is 0 Å². The van der Waals surface area contributed by atoms with E-state index in [0.29, 0.717) is 10.7 Å². The van der Waals surface area contributed by atoms with Gasteiger partial charge in [-0.05, 0) is 91.3 Å². The van der Waals surface area contributed by atoms with Crippen LogP contribution in [0.5, 0.6) is 0 Å². The second kappa shape index (κ2) is 7.40. The third-order valence-corrected chi connectivity index (χ3v) is 4.94. The minimum Gasteiger partial charge on any atom is -0.332 e. The van der Waals surface area contributed by atoms with E-state index < -0.39 is 0 Å². The Balaban J connectivity index is 2.10. The minimum absolute atomic E-state index is 0.206. The number of carbonyl (C=O) groups excluding carboxylic acids is 1. The van der Waals surface area contributed by atoms with Crippen LogP contribution in [-0.4, -0.2) is 11.0 Å². The van der Waals surface area contributed by atoms with E-state index >= 15 is 0 Å². The van der Waals surface area contributed by atoms with Crippen molar-refractivity contribution in [3.63, 3.8) is 0 Å². The molecule has 0 aliphatic rings. The van der Waals surface area contributed by atoms with E-state index in [2.05, 4.69) is 52.3 Å². The molecule has 2 aromatic rings. The number of hydrogen-bond acceptors (Lipinski definition) is 2. The number of hydrogen-bond donors (Lipinski definition) is 2. The van der Waals surface area contributed by atoms with Gasteiger partial charge in [-0.15, -0.1) is 0 Å². The van der Waals surface area contributed by atoms with Crippen molar-refractivity contribution in [1.29, 1.82) is 0 Å². The van der Waals surface area contributed by atoms with Crippen LogP contribution in [0.15, 0.2) is 30.3 Å². The number of nitrogens with one attached hydrogen (secondary N) is 2. The summed E-state index contributed by atoms with van der Waals surface area (Å²) in [6.45, 7) is 8.12. The van der Waals surface area contributed by atoms with Gasteiger partial charge in [0.25, 0.3) is 5.91 Å². The van der Waals surface area contributed by atoms with Gasteiger partial charge in [-0.1, -0.05) is 23.8 Å². The Morgan fingerprint density at radius 2 is 1.61 bits per heavy atom. The van der Waals surface area contributed by atoms with Crippen molar-refractivity contribution in [1.82, 2.24) is 5.32 Å². The number of rotatable bonds is 2. The third-order valence-electron chi connectivity index (χ3n) is 3.58. The zero-order valence-electron chi connectivity index (χ0n) is 13.6. The Bertz CT molecular complexity index is 764. The van der Waals surface area contributed by atoms with E-state index in [0.717, 1.165) is 25.9 Å². The summed E-state index contributed by atoms with van der Waals surface area (Å²) in [4.78, 5) is 12.3. The molecule has 0 saturated carbocycles. The first-order valence-electron chi connectivity index (χ1n) is 7.24. The molecular formula is C18H19IN2OS. The molecule has 2 rings (SSSR count). The second-order valence-electron chi connectivity index (χ2n) is 5.65. The number of amides is 1. The predicted molar refractivity (Wildman–Crippen MR) is 108 cm³/mol. The number of thiocarbonyl (C=S) groups is 1. The van der Waals surface area contributed by atoms with Crippen molar-refractivity contribution < 1.29 is 4.79 Å². The fourth-order valence-electron chi connectivity index (χ4n) is 2.43. The lowest BCUT2D eigenvalue weighted by Gasteiger charge is -2.15. The maximum atomic E-state index is 12.3. The van der Waals surface area contributed by atoms with Gasteiger partial charge in [0.1, 0.15) is 0 Å².